The standard InChI is InChI=1S/C14H19N5O2/c1-4-5-12-11(8-15-9-16-12)14(20)19(3)7-6-13-17-10(2)21-18-13/h8-9H,4-7H2,1-3H3. The van der Waals surface area contributed by atoms with Gasteiger partial charge in [0.2, 0.25) is 5.89 Å². The Morgan fingerprint density at radius 1 is 1.38 bits per heavy atom. The maximum absolute atomic E-state index is 12.4. The average molecular weight is 289 g/mol. The fourth-order valence-corrected chi connectivity index (χ4v) is 1.99. The van der Waals surface area contributed by atoms with Gasteiger partial charge in [-0.05, 0) is 6.42 Å². The molecule has 2 aromatic rings. The van der Waals surface area contributed by atoms with Gasteiger partial charge in [-0.1, -0.05) is 18.5 Å². The lowest BCUT2D eigenvalue weighted by Gasteiger charge is -2.17. The molecule has 0 aliphatic carbocycles. The molecule has 112 valence electrons. The van der Waals surface area contributed by atoms with Crippen molar-refractivity contribution < 1.29 is 9.32 Å². The number of carbonyl (C=O) groups is 1. The molecule has 0 N–H and O–H groups in total. The van der Waals surface area contributed by atoms with Crippen LogP contribution < -0.4 is 0 Å². The Labute approximate surface area is 123 Å². The maximum atomic E-state index is 12.4. The highest BCUT2D eigenvalue weighted by molar-refractivity contribution is 5.94. The van der Waals surface area contributed by atoms with Crippen LogP contribution in [0.2, 0.25) is 0 Å². The van der Waals surface area contributed by atoms with E-state index < -0.39 is 0 Å². The van der Waals surface area contributed by atoms with Gasteiger partial charge in [-0.15, -0.1) is 0 Å². The van der Waals surface area contributed by atoms with Crippen LogP contribution in [0.15, 0.2) is 17.0 Å². The summed E-state index contributed by atoms with van der Waals surface area (Å²) in [6.45, 7) is 4.31. The van der Waals surface area contributed by atoms with Gasteiger partial charge in [-0.25, -0.2) is 9.97 Å². The summed E-state index contributed by atoms with van der Waals surface area (Å²) >= 11 is 0. The number of aromatic nitrogens is 4. The van der Waals surface area contributed by atoms with Crippen LogP contribution in [0.5, 0.6) is 0 Å². The van der Waals surface area contributed by atoms with Crippen molar-refractivity contribution in [3.63, 3.8) is 0 Å². The summed E-state index contributed by atoms with van der Waals surface area (Å²) in [6, 6.07) is 0. The fraction of sp³-hybridized carbons (Fsp3) is 0.500. The zero-order valence-corrected chi connectivity index (χ0v) is 12.5. The smallest absolute Gasteiger partial charge is 0.257 e. The summed E-state index contributed by atoms with van der Waals surface area (Å²) in [4.78, 5) is 26.3. The van der Waals surface area contributed by atoms with E-state index in [1.807, 2.05) is 0 Å². The first-order valence-electron chi connectivity index (χ1n) is 6.95. The van der Waals surface area contributed by atoms with Crippen LogP contribution in [0.1, 0.15) is 41.1 Å². The third-order valence-corrected chi connectivity index (χ3v) is 3.10. The van der Waals surface area contributed by atoms with Gasteiger partial charge >= 0.3 is 0 Å². The number of hydrogen-bond acceptors (Lipinski definition) is 6. The summed E-state index contributed by atoms with van der Waals surface area (Å²) in [6.07, 6.45) is 5.31. The Hall–Kier alpha value is -2.31. The summed E-state index contributed by atoms with van der Waals surface area (Å²) in [5.41, 5.74) is 1.35. The molecule has 0 unspecified atom stereocenters. The Morgan fingerprint density at radius 3 is 2.86 bits per heavy atom. The van der Waals surface area contributed by atoms with Crippen LogP contribution in [-0.2, 0) is 12.8 Å². The summed E-state index contributed by atoms with van der Waals surface area (Å²) < 4.78 is 4.91. The van der Waals surface area contributed by atoms with Crippen LogP contribution in [0, 0.1) is 6.92 Å². The molecule has 0 saturated carbocycles. The van der Waals surface area contributed by atoms with Crippen molar-refractivity contribution in [1.82, 2.24) is 25.0 Å². The minimum atomic E-state index is -0.0840. The minimum Gasteiger partial charge on any atom is -0.341 e. The Kier molecular flexibility index (Phi) is 4.97. The molecule has 0 spiro atoms. The van der Waals surface area contributed by atoms with Crippen LogP contribution in [0.25, 0.3) is 0 Å². The fourth-order valence-electron chi connectivity index (χ4n) is 1.99. The SMILES string of the molecule is CCCc1ncncc1C(=O)N(C)CCc1noc(C)n1. The molecule has 0 radical (unpaired) electrons. The van der Waals surface area contributed by atoms with Gasteiger partial charge in [-0.2, -0.15) is 4.98 Å². The van der Waals surface area contributed by atoms with Crippen molar-refractivity contribution in [3.05, 3.63) is 35.5 Å². The molecule has 0 aromatic carbocycles. The molecule has 2 rings (SSSR count). The zero-order valence-electron chi connectivity index (χ0n) is 12.5. The minimum absolute atomic E-state index is 0.0840. The number of nitrogens with zero attached hydrogens (tertiary/aromatic N) is 5. The molecule has 0 saturated heterocycles. The molecular weight excluding hydrogens is 270 g/mol. The molecule has 0 fully saturated rings. The van der Waals surface area contributed by atoms with Gasteiger partial charge in [0.1, 0.15) is 6.33 Å². The quantitative estimate of drug-likeness (QED) is 0.800. The van der Waals surface area contributed by atoms with Gasteiger partial charge in [0.25, 0.3) is 5.91 Å². The molecular formula is C14H19N5O2. The van der Waals surface area contributed by atoms with Gasteiger partial charge in [0.05, 0.1) is 11.3 Å². The van der Waals surface area contributed by atoms with E-state index in [-0.39, 0.29) is 5.91 Å². The van der Waals surface area contributed by atoms with E-state index in [2.05, 4.69) is 27.0 Å². The summed E-state index contributed by atoms with van der Waals surface area (Å²) in [5, 5.41) is 3.82. The van der Waals surface area contributed by atoms with E-state index in [9.17, 15) is 4.79 Å². The highest BCUT2D eigenvalue weighted by atomic mass is 16.5. The van der Waals surface area contributed by atoms with Crippen molar-refractivity contribution in [2.45, 2.75) is 33.1 Å². The van der Waals surface area contributed by atoms with Crippen molar-refractivity contribution >= 4 is 5.91 Å². The monoisotopic (exact) mass is 289 g/mol. The topological polar surface area (TPSA) is 85.0 Å². The molecule has 0 aliphatic heterocycles. The molecule has 0 aliphatic rings. The first kappa shape index (κ1) is 15.1. The second-order valence-corrected chi connectivity index (χ2v) is 4.84. The number of rotatable bonds is 6. The Morgan fingerprint density at radius 2 is 2.19 bits per heavy atom. The Bertz CT molecular complexity index is 611. The number of amides is 1. The van der Waals surface area contributed by atoms with E-state index in [0.717, 1.165) is 18.5 Å². The van der Waals surface area contributed by atoms with Crippen LogP contribution in [-0.4, -0.2) is 44.5 Å². The van der Waals surface area contributed by atoms with Crippen LogP contribution in [0.3, 0.4) is 0 Å². The third kappa shape index (κ3) is 3.84. The molecule has 2 heterocycles. The van der Waals surface area contributed by atoms with Crippen LogP contribution in [0.4, 0.5) is 0 Å². The van der Waals surface area contributed by atoms with E-state index in [4.69, 9.17) is 4.52 Å². The number of carbonyl (C=O) groups excluding carboxylic acids is 1. The molecule has 1 amide bonds. The lowest BCUT2D eigenvalue weighted by Crippen LogP contribution is -2.30. The predicted molar refractivity (Wildman–Crippen MR) is 75.7 cm³/mol. The van der Waals surface area contributed by atoms with Gasteiger partial charge in [0.15, 0.2) is 5.82 Å². The van der Waals surface area contributed by atoms with E-state index in [0.29, 0.717) is 30.2 Å². The lowest BCUT2D eigenvalue weighted by atomic mass is 10.1. The van der Waals surface area contributed by atoms with Gasteiger partial charge in [0, 0.05) is 33.1 Å². The highest BCUT2D eigenvalue weighted by Gasteiger charge is 2.17. The number of likely N-dealkylation sites (N-methyl/N-ethyl adjacent to an activating group) is 1. The lowest BCUT2D eigenvalue weighted by molar-refractivity contribution is 0.0793. The maximum Gasteiger partial charge on any atom is 0.257 e. The molecule has 21 heavy (non-hydrogen) atoms. The molecule has 0 atom stereocenters. The van der Waals surface area contributed by atoms with E-state index >= 15 is 0 Å². The largest absolute Gasteiger partial charge is 0.341 e. The second-order valence-electron chi connectivity index (χ2n) is 4.84. The molecule has 2 aromatic heterocycles. The third-order valence-electron chi connectivity index (χ3n) is 3.10. The normalized spacial score (nSPS) is 10.6. The number of aryl methyl sites for hydroxylation is 2. The van der Waals surface area contributed by atoms with Crippen molar-refractivity contribution in [2.75, 3.05) is 13.6 Å². The number of hydrogen-bond donors (Lipinski definition) is 0. The summed E-state index contributed by atoms with van der Waals surface area (Å²) in [5.74, 6) is 1.05. The molecule has 0 bridgehead atoms. The van der Waals surface area contributed by atoms with Crippen molar-refractivity contribution in [1.29, 1.82) is 0 Å². The summed E-state index contributed by atoms with van der Waals surface area (Å²) in [7, 11) is 1.75. The van der Waals surface area contributed by atoms with Gasteiger partial charge < -0.3 is 9.42 Å². The molecule has 7 heteroatoms. The van der Waals surface area contributed by atoms with Crippen molar-refractivity contribution in [3.8, 4) is 0 Å². The van der Waals surface area contributed by atoms with Crippen molar-refractivity contribution in [2.24, 2.45) is 0 Å². The van der Waals surface area contributed by atoms with E-state index in [1.54, 1.807) is 25.1 Å². The van der Waals surface area contributed by atoms with Crippen LogP contribution >= 0.6 is 0 Å². The van der Waals surface area contributed by atoms with Gasteiger partial charge in [-0.3, -0.25) is 4.79 Å². The predicted octanol–water partition coefficient (Wildman–Crippen LogP) is 1.44. The average Bonchev–Trinajstić information content (AvgIpc) is 2.90. The Balaban J connectivity index is 2.02. The highest BCUT2D eigenvalue weighted by Crippen LogP contribution is 2.10. The van der Waals surface area contributed by atoms with E-state index in [1.165, 1.54) is 6.33 Å². The first-order valence-corrected chi connectivity index (χ1v) is 6.95. The zero-order chi connectivity index (χ0) is 15.2. The molecule has 7 nitrogen and oxygen atoms in total. The first-order chi connectivity index (χ1) is 10.1. The second kappa shape index (κ2) is 6.92.